The quantitative estimate of drug-likeness (QED) is 0.769. The second-order valence-electron chi connectivity index (χ2n) is 6.70. The number of amides is 1. The fourth-order valence-corrected chi connectivity index (χ4v) is 4.38. The molecule has 0 radical (unpaired) electrons. The molecule has 134 valence electrons. The van der Waals surface area contributed by atoms with Gasteiger partial charge in [0.15, 0.2) is 0 Å². The molecule has 3 aromatic rings. The highest BCUT2D eigenvalue weighted by molar-refractivity contribution is 7.21. The Morgan fingerprint density at radius 1 is 1.12 bits per heavy atom. The Kier molecular flexibility index (Phi) is 4.61. The third kappa shape index (κ3) is 3.30. The maximum atomic E-state index is 12.7. The minimum Gasteiger partial charge on any atom is -0.368 e. The van der Waals surface area contributed by atoms with E-state index in [0.29, 0.717) is 5.82 Å². The van der Waals surface area contributed by atoms with Crippen molar-refractivity contribution in [2.75, 3.05) is 43.4 Å². The van der Waals surface area contributed by atoms with Crippen LogP contribution in [0, 0.1) is 6.92 Å². The summed E-state index contributed by atoms with van der Waals surface area (Å²) in [7, 11) is 2.14. The number of likely N-dealkylation sites (N-methyl/N-ethyl adjacent to an activating group) is 1. The SMILES string of the molecule is Cc1c(C(=O)Nc2ccc(N3CCN(C)CC3)cn2)sc2ccccc12. The van der Waals surface area contributed by atoms with Crippen LogP contribution in [0.15, 0.2) is 42.6 Å². The molecule has 0 atom stereocenters. The van der Waals surface area contributed by atoms with Gasteiger partial charge in [0.05, 0.1) is 16.8 Å². The van der Waals surface area contributed by atoms with E-state index in [9.17, 15) is 4.79 Å². The van der Waals surface area contributed by atoms with Crippen LogP contribution in [0.2, 0.25) is 0 Å². The van der Waals surface area contributed by atoms with Crippen LogP contribution in [0.25, 0.3) is 10.1 Å². The summed E-state index contributed by atoms with van der Waals surface area (Å²) in [5, 5.41) is 4.07. The number of nitrogens with one attached hydrogen (secondary N) is 1. The Morgan fingerprint density at radius 3 is 2.58 bits per heavy atom. The molecule has 2 aromatic heterocycles. The van der Waals surface area contributed by atoms with Crippen LogP contribution in [-0.4, -0.2) is 49.0 Å². The van der Waals surface area contributed by atoms with Crippen molar-refractivity contribution in [3.05, 3.63) is 53.0 Å². The molecule has 1 aliphatic rings. The minimum atomic E-state index is -0.0939. The molecule has 1 fully saturated rings. The number of hydrogen-bond acceptors (Lipinski definition) is 5. The van der Waals surface area contributed by atoms with Crippen molar-refractivity contribution in [2.24, 2.45) is 0 Å². The highest BCUT2D eigenvalue weighted by Crippen LogP contribution is 2.31. The van der Waals surface area contributed by atoms with Crippen LogP contribution >= 0.6 is 11.3 Å². The van der Waals surface area contributed by atoms with E-state index < -0.39 is 0 Å². The van der Waals surface area contributed by atoms with Gasteiger partial charge in [-0.2, -0.15) is 0 Å². The predicted octanol–water partition coefficient (Wildman–Crippen LogP) is 3.61. The molecule has 0 bridgehead atoms. The second kappa shape index (κ2) is 7.05. The van der Waals surface area contributed by atoms with Gasteiger partial charge >= 0.3 is 0 Å². The molecule has 3 heterocycles. The predicted molar refractivity (Wildman–Crippen MR) is 108 cm³/mol. The summed E-state index contributed by atoms with van der Waals surface area (Å²) in [6.07, 6.45) is 1.85. The monoisotopic (exact) mass is 366 g/mol. The average molecular weight is 366 g/mol. The van der Waals surface area contributed by atoms with Gasteiger partial charge in [-0.25, -0.2) is 4.98 Å². The number of rotatable bonds is 3. The fourth-order valence-electron chi connectivity index (χ4n) is 3.28. The molecule has 1 aromatic carbocycles. The lowest BCUT2D eigenvalue weighted by Gasteiger charge is -2.33. The van der Waals surface area contributed by atoms with E-state index in [-0.39, 0.29) is 5.91 Å². The molecule has 0 saturated carbocycles. The molecule has 1 aliphatic heterocycles. The van der Waals surface area contributed by atoms with Crippen LogP contribution in [0.4, 0.5) is 11.5 Å². The molecule has 0 aliphatic carbocycles. The molecule has 5 nitrogen and oxygen atoms in total. The first kappa shape index (κ1) is 17.0. The van der Waals surface area contributed by atoms with Crippen LogP contribution in [0.5, 0.6) is 0 Å². The Morgan fingerprint density at radius 2 is 1.88 bits per heavy atom. The van der Waals surface area contributed by atoms with E-state index in [1.165, 1.54) is 11.3 Å². The van der Waals surface area contributed by atoms with Crippen molar-refractivity contribution in [1.29, 1.82) is 0 Å². The molecule has 1 N–H and O–H groups in total. The van der Waals surface area contributed by atoms with E-state index in [0.717, 1.165) is 52.4 Å². The summed E-state index contributed by atoms with van der Waals surface area (Å²) in [6.45, 7) is 6.13. The summed E-state index contributed by atoms with van der Waals surface area (Å²) in [6, 6.07) is 12.0. The summed E-state index contributed by atoms with van der Waals surface area (Å²) in [4.78, 5) is 22.5. The topological polar surface area (TPSA) is 48.5 Å². The van der Waals surface area contributed by atoms with Gasteiger partial charge in [-0.1, -0.05) is 18.2 Å². The first-order valence-electron chi connectivity index (χ1n) is 8.81. The largest absolute Gasteiger partial charge is 0.368 e. The van der Waals surface area contributed by atoms with Gasteiger partial charge in [0.25, 0.3) is 5.91 Å². The average Bonchev–Trinajstić information content (AvgIpc) is 3.00. The number of anilines is 2. The number of benzene rings is 1. The zero-order valence-corrected chi connectivity index (χ0v) is 15.8. The van der Waals surface area contributed by atoms with Crippen molar-refractivity contribution in [3.8, 4) is 0 Å². The normalized spacial score (nSPS) is 15.4. The highest BCUT2D eigenvalue weighted by Gasteiger charge is 2.17. The number of piperazine rings is 1. The van der Waals surface area contributed by atoms with E-state index in [1.54, 1.807) is 0 Å². The molecular formula is C20H22N4OS. The van der Waals surface area contributed by atoms with E-state index >= 15 is 0 Å². The number of aromatic nitrogens is 1. The first-order valence-corrected chi connectivity index (χ1v) is 9.62. The molecular weight excluding hydrogens is 344 g/mol. The lowest BCUT2D eigenvalue weighted by Crippen LogP contribution is -2.44. The smallest absolute Gasteiger partial charge is 0.267 e. The molecule has 0 spiro atoms. The van der Waals surface area contributed by atoms with Crippen LogP contribution in [0.3, 0.4) is 0 Å². The Labute approximate surface area is 157 Å². The number of carbonyl (C=O) groups excluding carboxylic acids is 1. The van der Waals surface area contributed by atoms with Crippen molar-refractivity contribution in [1.82, 2.24) is 9.88 Å². The Hall–Kier alpha value is -2.44. The van der Waals surface area contributed by atoms with Crippen LogP contribution in [-0.2, 0) is 0 Å². The first-order chi connectivity index (χ1) is 12.6. The van der Waals surface area contributed by atoms with E-state index in [1.807, 2.05) is 43.5 Å². The number of aryl methyl sites for hydroxylation is 1. The van der Waals surface area contributed by atoms with Gasteiger partial charge < -0.3 is 15.1 Å². The zero-order valence-electron chi connectivity index (χ0n) is 15.0. The summed E-state index contributed by atoms with van der Waals surface area (Å²) in [5.41, 5.74) is 2.13. The molecule has 6 heteroatoms. The maximum Gasteiger partial charge on any atom is 0.267 e. The third-order valence-corrected chi connectivity index (χ3v) is 6.18. The minimum absolute atomic E-state index is 0.0939. The van der Waals surface area contributed by atoms with Crippen LogP contribution < -0.4 is 10.2 Å². The number of hydrogen-bond donors (Lipinski definition) is 1. The van der Waals surface area contributed by atoms with Gasteiger partial charge in [-0.15, -0.1) is 11.3 Å². The lowest BCUT2D eigenvalue weighted by molar-refractivity contribution is 0.102. The highest BCUT2D eigenvalue weighted by atomic mass is 32.1. The van der Waals surface area contributed by atoms with E-state index in [2.05, 4.69) is 33.2 Å². The van der Waals surface area contributed by atoms with Gasteiger partial charge in [0, 0.05) is 30.9 Å². The maximum absolute atomic E-state index is 12.7. The van der Waals surface area contributed by atoms with Crippen molar-refractivity contribution >= 4 is 38.8 Å². The molecule has 26 heavy (non-hydrogen) atoms. The summed E-state index contributed by atoms with van der Waals surface area (Å²) >= 11 is 1.52. The number of pyridine rings is 1. The van der Waals surface area contributed by atoms with Crippen molar-refractivity contribution in [2.45, 2.75) is 6.92 Å². The third-order valence-electron chi connectivity index (χ3n) is 4.91. The summed E-state index contributed by atoms with van der Waals surface area (Å²) < 4.78 is 1.13. The standard InChI is InChI=1S/C20H22N4OS/c1-14-16-5-3-4-6-17(16)26-19(14)20(25)22-18-8-7-15(13-21-18)24-11-9-23(2)10-12-24/h3-8,13H,9-12H2,1-2H3,(H,21,22,25). The van der Waals surface area contributed by atoms with Gasteiger partial charge in [0.1, 0.15) is 5.82 Å². The number of carbonyl (C=O) groups is 1. The van der Waals surface area contributed by atoms with Gasteiger partial charge in [0.2, 0.25) is 0 Å². The zero-order chi connectivity index (χ0) is 18.1. The Balaban J connectivity index is 1.48. The molecule has 1 amide bonds. The lowest BCUT2D eigenvalue weighted by atomic mass is 10.1. The van der Waals surface area contributed by atoms with Crippen LogP contribution in [0.1, 0.15) is 15.2 Å². The summed E-state index contributed by atoms with van der Waals surface area (Å²) in [5.74, 6) is 0.494. The van der Waals surface area contributed by atoms with E-state index in [4.69, 9.17) is 0 Å². The fraction of sp³-hybridized carbons (Fsp3) is 0.300. The number of nitrogens with zero attached hydrogens (tertiary/aromatic N) is 3. The molecule has 4 rings (SSSR count). The number of thiophene rings is 1. The number of fused-ring (bicyclic) bond motifs is 1. The second-order valence-corrected chi connectivity index (χ2v) is 7.75. The van der Waals surface area contributed by atoms with Gasteiger partial charge in [-0.05, 0) is 43.1 Å². The van der Waals surface area contributed by atoms with Crippen molar-refractivity contribution in [3.63, 3.8) is 0 Å². The van der Waals surface area contributed by atoms with Gasteiger partial charge in [-0.3, -0.25) is 4.79 Å². The molecule has 1 saturated heterocycles. The molecule has 0 unspecified atom stereocenters. The van der Waals surface area contributed by atoms with Crippen molar-refractivity contribution < 1.29 is 4.79 Å². The Bertz CT molecular complexity index is 927.